The van der Waals surface area contributed by atoms with Gasteiger partial charge >= 0.3 is 204 Å². The predicted molar refractivity (Wildman–Crippen MR) is 170 cm³/mol. The van der Waals surface area contributed by atoms with Crippen molar-refractivity contribution in [2.45, 2.75) is 41.5 Å². The van der Waals surface area contributed by atoms with Gasteiger partial charge in [0.2, 0.25) is 8.03 Å². The van der Waals surface area contributed by atoms with Crippen molar-refractivity contribution in [1.29, 1.82) is 0 Å². The van der Waals surface area contributed by atoms with Crippen LogP contribution >= 0.6 is 31.6 Å². The summed E-state index contributed by atoms with van der Waals surface area (Å²) in [7, 11) is -13.6. The third kappa shape index (κ3) is 13.1. The van der Waals surface area contributed by atoms with Gasteiger partial charge in [0.15, 0.2) is 0 Å². The van der Waals surface area contributed by atoms with E-state index in [0.717, 1.165) is 0 Å². The number of aliphatic imine (C=N–C) groups is 1. The van der Waals surface area contributed by atoms with Crippen LogP contribution in [0.15, 0.2) is 28.9 Å². The second kappa shape index (κ2) is 20.4. The maximum atomic E-state index is 13.5. The summed E-state index contributed by atoms with van der Waals surface area (Å²) in [6, 6.07) is 0. The minimum atomic E-state index is -4.11. The van der Waals surface area contributed by atoms with E-state index in [0.29, 0.717) is 0 Å². The SMILES string of the molecule is C=C(/N=C(\C=C(/N)[PH](=O)OCC)[PH](=O)OCC)NCCNc1nc(P(=O)(OCC)OCC)nc([PH](O)(OCC)OCC)n1. The summed E-state index contributed by atoms with van der Waals surface area (Å²) in [6.45, 7) is 14.8. The molecule has 1 aromatic rings. The molecule has 0 amide bonds. The number of nitrogens with one attached hydrogen (secondary N) is 2. The zero-order valence-corrected chi connectivity index (χ0v) is 29.3. The van der Waals surface area contributed by atoms with Gasteiger partial charge in [-0.15, -0.1) is 0 Å². The number of nitrogens with zero attached hydrogens (tertiary/aromatic N) is 4. The molecule has 0 spiro atoms. The monoisotopic (exact) mass is 691 g/mol. The van der Waals surface area contributed by atoms with Gasteiger partial charge in [-0.05, 0) is 13.8 Å². The predicted octanol–water partition coefficient (Wildman–Crippen LogP) is 2.64. The fourth-order valence-electron chi connectivity index (χ4n) is 3.09. The Balaban J connectivity index is 3.22. The summed E-state index contributed by atoms with van der Waals surface area (Å²) < 4.78 is 70.0. The number of rotatable bonds is 23. The van der Waals surface area contributed by atoms with Crippen molar-refractivity contribution >= 4 is 54.1 Å². The molecule has 0 bridgehead atoms. The van der Waals surface area contributed by atoms with E-state index in [1.165, 1.54) is 6.08 Å². The van der Waals surface area contributed by atoms with Gasteiger partial charge in [-0.3, -0.25) is 4.57 Å². The van der Waals surface area contributed by atoms with Crippen LogP contribution in [0.5, 0.6) is 0 Å². The maximum absolute atomic E-state index is 13.5. The Hall–Kier alpha value is -1.60. The van der Waals surface area contributed by atoms with E-state index in [1.807, 2.05) is 0 Å². The number of hydrogen-bond acceptors (Lipinski definition) is 17. The number of nitrogens with two attached hydrogens (primary N) is 1. The summed E-state index contributed by atoms with van der Waals surface area (Å²) in [5.74, 6) is 0.0541. The zero-order chi connectivity index (χ0) is 32.5. The van der Waals surface area contributed by atoms with Crippen molar-refractivity contribution in [3.8, 4) is 0 Å². The second-order valence-corrected chi connectivity index (χ2v) is 14.8. The Labute approximate surface area is 254 Å². The van der Waals surface area contributed by atoms with Gasteiger partial charge in [-0.25, -0.2) is 0 Å². The van der Waals surface area contributed by atoms with Crippen LogP contribution in [0.3, 0.4) is 0 Å². The Kier molecular flexibility index (Phi) is 18.7. The molecule has 1 aromatic heterocycles. The topological polar surface area (TPSA) is 228 Å². The Morgan fingerprint density at radius 2 is 1.53 bits per heavy atom. The Morgan fingerprint density at radius 3 is 2.07 bits per heavy atom. The third-order valence-electron chi connectivity index (χ3n) is 4.71. The third-order valence-corrected chi connectivity index (χ3v) is 11.1. The van der Waals surface area contributed by atoms with E-state index in [4.69, 9.17) is 32.9 Å². The van der Waals surface area contributed by atoms with Crippen LogP contribution in [0.4, 0.5) is 5.95 Å². The van der Waals surface area contributed by atoms with Gasteiger partial charge in [0.1, 0.15) is 0 Å². The molecule has 5 N–H and O–H groups in total. The van der Waals surface area contributed by atoms with Crippen LogP contribution in [0.2, 0.25) is 0 Å². The quantitative estimate of drug-likeness (QED) is 0.0734. The van der Waals surface area contributed by atoms with Crippen molar-refractivity contribution in [2.24, 2.45) is 10.7 Å². The van der Waals surface area contributed by atoms with Crippen LogP contribution in [0.1, 0.15) is 41.5 Å². The van der Waals surface area contributed by atoms with Crippen molar-refractivity contribution in [2.75, 3.05) is 58.0 Å². The van der Waals surface area contributed by atoms with Gasteiger partial charge < -0.3 is 10.3 Å². The number of anilines is 1. The summed E-state index contributed by atoms with van der Waals surface area (Å²) in [4.78, 5) is 27.9. The average molecular weight is 692 g/mol. The van der Waals surface area contributed by atoms with Gasteiger partial charge in [-0.1, -0.05) is 0 Å². The van der Waals surface area contributed by atoms with Crippen LogP contribution < -0.4 is 27.5 Å². The van der Waals surface area contributed by atoms with E-state index in [2.05, 4.69) is 37.2 Å². The van der Waals surface area contributed by atoms with Gasteiger partial charge in [0, 0.05) is 0 Å². The molecule has 21 heteroatoms. The average Bonchev–Trinajstić information content (AvgIpc) is 2.95. The van der Waals surface area contributed by atoms with Crippen molar-refractivity contribution in [3.63, 3.8) is 0 Å². The molecule has 0 fully saturated rings. The van der Waals surface area contributed by atoms with Crippen LogP contribution in [-0.4, -0.2) is 78.0 Å². The standard InChI is InChI=1S/C22H45N7O10P4/c1-8-34-40(30)18(23)16-19(41(31)35-9-2)26-17(7)24-14-15-25-20-27-21(42(32,36-10-3)37-11-4)29-22(28-20)43(33,38-12-5)39-13-6/h16,24,32,40-42H,7-15,23H2,1-6H3,(H,25,27,28,29)/b18-16+,26-19+. The summed E-state index contributed by atoms with van der Waals surface area (Å²) in [5.41, 5.74) is 5.11. The first-order valence-electron chi connectivity index (χ1n) is 13.7. The molecule has 0 aliphatic carbocycles. The van der Waals surface area contributed by atoms with E-state index in [1.54, 1.807) is 41.5 Å². The van der Waals surface area contributed by atoms with Crippen LogP contribution in [0.25, 0.3) is 0 Å². The number of hydrogen-bond donors (Lipinski definition) is 4. The van der Waals surface area contributed by atoms with Gasteiger partial charge in [0.25, 0.3) is 0 Å². The van der Waals surface area contributed by atoms with Crippen molar-refractivity contribution in [1.82, 2.24) is 20.3 Å². The molecule has 0 aliphatic rings. The molecule has 1 rings (SSSR count). The Bertz CT molecular complexity index is 1190. The molecule has 2 unspecified atom stereocenters. The molecule has 43 heavy (non-hydrogen) atoms. The molecular weight excluding hydrogens is 646 g/mol. The fraction of sp³-hybridized carbons (Fsp3) is 0.636. The molecule has 248 valence electrons. The molecule has 17 nitrogen and oxygen atoms in total. The number of aromatic nitrogens is 3. The zero-order valence-electron chi connectivity index (χ0n) is 25.4. The number of allylic oxidation sites excluding steroid dienone is 1. The second-order valence-electron chi connectivity index (χ2n) is 7.90. The molecular formula is C22H45N7O10P4. The fourth-order valence-corrected chi connectivity index (χ4v) is 7.96. The van der Waals surface area contributed by atoms with E-state index >= 15 is 0 Å². The first kappa shape index (κ1) is 39.4. The molecule has 1 heterocycles. The van der Waals surface area contributed by atoms with E-state index in [9.17, 15) is 18.6 Å². The summed E-state index contributed by atoms with van der Waals surface area (Å²) in [5, 5.41) is 5.86. The minimum absolute atomic E-state index is 0.0432. The van der Waals surface area contributed by atoms with Crippen molar-refractivity contribution < 1.29 is 45.7 Å². The summed E-state index contributed by atoms with van der Waals surface area (Å²) in [6.07, 6.45) is 1.20. The van der Waals surface area contributed by atoms with Crippen molar-refractivity contribution in [3.05, 3.63) is 23.9 Å². The molecule has 2 atom stereocenters. The molecule has 0 aromatic carbocycles. The van der Waals surface area contributed by atoms with Crippen LogP contribution in [0, 0.1) is 0 Å². The first-order valence-corrected chi connectivity index (χ1v) is 19.6. The molecule has 0 aliphatic heterocycles. The van der Waals surface area contributed by atoms with E-state index in [-0.39, 0.29) is 86.5 Å². The Morgan fingerprint density at radius 1 is 0.953 bits per heavy atom. The normalized spacial score (nSPS) is 14.8. The molecule has 0 radical (unpaired) electrons. The van der Waals surface area contributed by atoms with Gasteiger partial charge in [0.05, 0.1) is 13.2 Å². The summed E-state index contributed by atoms with van der Waals surface area (Å²) >= 11 is 0. The molecule has 0 saturated heterocycles. The van der Waals surface area contributed by atoms with Gasteiger partial charge in [-0.2, -0.15) is 0 Å². The van der Waals surface area contributed by atoms with Crippen LogP contribution in [-0.2, 0) is 40.8 Å². The van der Waals surface area contributed by atoms with E-state index < -0.39 is 31.6 Å². The first-order chi connectivity index (χ1) is 20.4. The molecule has 0 saturated carbocycles.